The van der Waals surface area contributed by atoms with Crippen molar-refractivity contribution in [1.29, 1.82) is 0 Å². The van der Waals surface area contributed by atoms with Crippen molar-refractivity contribution in [2.45, 2.75) is 31.7 Å². The smallest absolute Gasteiger partial charge is 0.160 e. The van der Waals surface area contributed by atoms with Gasteiger partial charge in [-0.3, -0.25) is 0 Å². The Labute approximate surface area is 72.7 Å². The van der Waals surface area contributed by atoms with E-state index in [1.807, 2.05) is 0 Å². The third-order valence-electron chi connectivity index (χ3n) is 1.78. The number of rotatable bonds is 4. The summed E-state index contributed by atoms with van der Waals surface area (Å²) in [6.45, 7) is 1.26. The molecule has 0 aromatic heterocycles. The normalized spacial score (nSPS) is 20.7. The second-order valence-corrected chi connectivity index (χ2v) is 2.80. The maximum atomic E-state index is 9.39. The third-order valence-corrected chi connectivity index (χ3v) is 1.78. The Balaban J connectivity index is 2.08. The topological polar surface area (TPSA) is 38.7 Å². The van der Waals surface area contributed by atoms with Crippen molar-refractivity contribution in [1.82, 2.24) is 0 Å². The summed E-state index contributed by atoms with van der Waals surface area (Å²) in [5.41, 5.74) is 0. The molecule has 1 atom stereocenters. The fourth-order valence-electron chi connectivity index (χ4n) is 1.13. The van der Waals surface area contributed by atoms with Gasteiger partial charge < -0.3 is 14.6 Å². The highest BCUT2D eigenvalue weighted by molar-refractivity contribution is 4.84. The molecule has 1 fully saturated rings. The van der Waals surface area contributed by atoms with E-state index >= 15 is 0 Å². The van der Waals surface area contributed by atoms with Crippen LogP contribution in [-0.2, 0) is 9.47 Å². The van der Waals surface area contributed by atoms with Gasteiger partial charge in [-0.05, 0) is 6.42 Å². The molecule has 0 saturated carbocycles. The van der Waals surface area contributed by atoms with E-state index in [0.29, 0.717) is 32.5 Å². The molecule has 0 aromatic carbocycles. The molecule has 0 spiro atoms. The maximum absolute atomic E-state index is 9.39. The molecule has 0 radical (unpaired) electrons. The van der Waals surface area contributed by atoms with Crippen LogP contribution in [0.25, 0.3) is 0 Å². The first-order valence-corrected chi connectivity index (χ1v) is 4.17. The van der Waals surface area contributed by atoms with Crippen LogP contribution in [-0.4, -0.2) is 30.7 Å². The van der Waals surface area contributed by atoms with Crippen molar-refractivity contribution >= 4 is 0 Å². The third kappa shape index (κ3) is 3.22. The summed E-state index contributed by atoms with van der Waals surface area (Å²) < 4.78 is 10.3. The zero-order valence-electron chi connectivity index (χ0n) is 7.03. The lowest BCUT2D eigenvalue weighted by molar-refractivity contribution is -0.0708. The van der Waals surface area contributed by atoms with Gasteiger partial charge in [0.05, 0.1) is 19.3 Å². The quantitative estimate of drug-likeness (QED) is 0.625. The van der Waals surface area contributed by atoms with Crippen LogP contribution < -0.4 is 0 Å². The fourth-order valence-corrected chi connectivity index (χ4v) is 1.13. The number of hydrogen-bond donors (Lipinski definition) is 1. The van der Waals surface area contributed by atoms with Gasteiger partial charge in [0.15, 0.2) is 6.29 Å². The molecule has 1 unspecified atom stereocenters. The van der Waals surface area contributed by atoms with Gasteiger partial charge in [0.25, 0.3) is 0 Å². The molecule has 1 saturated heterocycles. The van der Waals surface area contributed by atoms with E-state index in [4.69, 9.17) is 15.9 Å². The average molecular weight is 170 g/mol. The van der Waals surface area contributed by atoms with E-state index in [2.05, 4.69) is 5.92 Å². The Morgan fingerprint density at radius 1 is 1.50 bits per heavy atom. The zero-order chi connectivity index (χ0) is 8.81. The van der Waals surface area contributed by atoms with Crippen molar-refractivity contribution < 1.29 is 14.6 Å². The molecule has 3 heteroatoms. The number of hydrogen-bond acceptors (Lipinski definition) is 3. The predicted molar refractivity (Wildman–Crippen MR) is 44.4 cm³/mol. The summed E-state index contributed by atoms with van der Waals surface area (Å²) >= 11 is 0. The van der Waals surface area contributed by atoms with Crippen LogP contribution in [0.5, 0.6) is 0 Å². The monoisotopic (exact) mass is 170 g/mol. The molecular formula is C9H14O3. The van der Waals surface area contributed by atoms with E-state index in [0.717, 1.165) is 0 Å². The molecule has 1 aliphatic heterocycles. The lowest BCUT2D eigenvalue weighted by Crippen LogP contribution is -2.18. The van der Waals surface area contributed by atoms with Gasteiger partial charge >= 0.3 is 0 Å². The Hall–Kier alpha value is -0.560. The molecule has 0 amide bonds. The van der Waals surface area contributed by atoms with Crippen LogP contribution in [0.15, 0.2) is 0 Å². The molecule has 1 N–H and O–H groups in total. The second-order valence-electron chi connectivity index (χ2n) is 2.80. The summed E-state index contributed by atoms with van der Waals surface area (Å²) in [6, 6.07) is 0. The van der Waals surface area contributed by atoms with Crippen molar-refractivity contribution in [3.63, 3.8) is 0 Å². The highest BCUT2D eigenvalue weighted by Crippen LogP contribution is 2.12. The van der Waals surface area contributed by atoms with E-state index in [1.165, 1.54) is 0 Å². The largest absolute Gasteiger partial charge is 0.393 e. The highest BCUT2D eigenvalue weighted by Gasteiger charge is 2.19. The minimum atomic E-state index is -0.399. The van der Waals surface area contributed by atoms with Gasteiger partial charge in [-0.15, -0.1) is 12.3 Å². The van der Waals surface area contributed by atoms with E-state index < -0.39 is 6.10 Å². The standard InChI is InChI=1S/C9H14O3/c1-2-3-4-8(10)7-9-11-5-6-12-9/h1,8-10H,3-7H2. The van der Waals surface area contributed by atoms with Crippen molar-refractivity contribution in [2.24, 2.45) is 0 Å². The molecule has 1 rings (SSSR count). The Bertz CT molecular complexity index is 156. The number of ether oxygens (including phenoxy) is 2. The number of aliphatic hydroxyl groups excluding tert-OH is 1. The van der Waals surface area contributed by atoms with Gasteiger partial charge in [-0.25, -0.2) is 0 Å². The van der Waals surface area contributed by atoms with Crippen molar-refractivity contribution in [3.8, 4) is 12.3 Å². The zero-order valence-corrected chi connectivity index (χ0v) is 7.03. The van der Waals surface area contributed by atoms with Crippen LogP contribution in [0.4, 0.5) is 0 Å². The molecule has 12 heavy (non-hydrogen) atoms. The van der Waals surface area contributed by atoms with Gasteiger partial charge in [-0.1, -0.05) is 0 Å². The Morgan fingerprint density at radius 3 is 2.75 bits per heavy atom. The summed E-state index contributed by atoms with van der Waals surface area (Å²) in [6.07, 6.45) is 6.20. The minimum absolute atomic E-state index is 0.224. The molecule has 0 aliphatic carbocycles. The Kier molecular flexibility index (Phi) is 4.09. The van der Waals surface area contributed by atoms with Crippen LogP contribution >= 0.6 is 0 Å². The van der Waals surface area contributed by atoms with Gasteiger partial charge in [-0.2, -0.15) is 0 Å². The van der Waals surface area contributed by atoms with Gasteiger partial charge in [0.2, 0.25) is 0 Å². The van der Waals surface area contributed by atoms with Gasteiger partial charge in [0.1, 0.15) is 0 Å². The second kappa shape index (κ2) is 5.15. The van der Waals surface area contributed by atoms with Crippen molar-refractivity contribution in [3.05, 3.63) is 0 Å². The average Bonchev–Trinajstić information content (AvgIpc) is 2.53. The first-order chi connectivity index (χ1) is 5.83. The number of aliphatic hydroxyl groups is 1. The van der Waals surface area contributed by atoms with E-state index in [1.54, 1.807) is 0 Å². The first-order valence-electron chi connectivity index (χ1n) is 4.17. The van der Waals surface area contributed by atoms with E-state index in [9.17, 15) is 5.11 Å². The SMILES string of the molecule is C#CCCC(O)CC1OCCO1. The van der Waals surface area contributed by atoms with Gasteiger partial charge in [0, 0.05) is 12.8 Å². The van der Waals surface area contributed by atoms with Crippen LogP contribution in [0.1, 0.15) is 19.3 Å². The Morgan fingerprint density at radius 2 is 2.17 bits per heavy atom. The molecule has 0 aromatic rings. The number of terminal acetylenes is 1. The molecule has 1 aliphatic rings. The fraction of sp³-hybridized carbons (Fsp3) is 0.778. The van der Waals surface area contributed by atoms with Crippen LogP contribution in [0, 0.1) is 12.3 Å². The van der Waals surface area contributed by atoms with Crippen LogP contribution in [0.3, 0.4) is 0 Å². The molecule has 0 bridgehead atoms. The molecule has 3 nitrogen and oxygen atoms in total. The van der Waals surface area contributed by atoms with Crippen molar-refractivity contribution in [2.75, 3.05) is 13.2 Å². The lowest BCUT2D eigenvalue weighted by Gasteiger charge is -2.13. The molecular weight excluding hydrogens is 156 g/mol. The minimum Gasteiger partial charge on any atom is -0.393 e. The first kappa shape index (κ1) is 9.53. The predicted octanol–water partition coefficient (Wildman–Crippen LogP) is 0.524. The highest BCUT2D eigenvalue weighted by atomic mass is 16.7. The lowest BCUT2D eigenvalue weighted by atomic mass is 10.1. The van der Waals surface area contributed by atoms with Crippen LogP contribution in [0.2, 0.25) is 0 Å². The summed E-state index contributed by atoms with van der Waals surface area (Å²) in [7, 11) is 0. The molecule has 1 heterocycles. The summed E-state index contributed by atoms with van der Waals surface area (Å²) in [5, 5.41) is 9.39. The molecule has 68 valence electrons. The maximum Gasteiger partial charge on any atom is 0.160 e. The van der Waals surface area contributed by atoms with E-state index in [-0.39, 0.29) is 6.29 Å². The summed E-state index contributed by atoms with van der Waals surface area (Å²) in [4.78, 5) is 0. The summed E-state index contributed by atoms with van der Waals surface area (Å²) in [5.74, 6) is 2.48.